The Bertz CT molecular complexity index is 874. The predicted octanol–water partition coefficient (Wildman–Crippen LogP) is 3.06. The van der Waals surface area contributed by atoms with E-state index in [0.717, 1.165) is 17.5 Å². The van der Waals surface area contributed by atoms with Crippen molar-refractivity contribution in [3.8, 4) is 6.07 Å². The summed E-state index contributed by atoms with van der Waals surface area (Å²) in [5, 5.41) is 12.5. The lowest BCUT2D eigenvalue weighted by Gasteiger charge is -2.24. The summed E-state index contributed by atoms with van der Waals surface area (Å²) in [7, 11) is 0. The second-order valence-electron chi connectivity index (χ2n) is 6.58. The van der Waals surface area contributed by atoms with E-state index in [0.29, 0.717) is 30.1 Å². The van der Waals surface area contributed by atoms with E-state index in [4.69, 9.17) is 16.9 Å². The Balaban J connectivity index is 1.60. The van der Waals surface area contributed by atoms with Gasteiger partial charge in [0.05, 0.1) is 18.1 Å². The smallest absolute Gasteiger partial charge is 0.243 e. The molecule has 1 atom stereocenters. The molecule has 2 amide bonds. The molecule has 138 valence electrons. The van der Waals surface area contributed by atoms with Crippen molar-refractivity contribution < 1.29 is 9.59 Å². The van der Waals surface area contributed by atoms with Crippen LogP contribution in [-0.2, 0) is 22.6 Å². The highest BCUT2D eigenvalue weighted by molar-refractivity contribution is 6.30. The molecule has 5 nitrogen and oxygen atoms in total. The molecular formula is C21H20ClN3O2. The number of nitriles is 1. The molecule has 3 rings (SSSR count). The minimum atomic E-state index is -0.441. The van der Waals surface area contributed by atoms with Gasteiger partial charge in [0.25, 0.3) is 0 Å². The number of halogens is 1. The van der Waals surface area contributed by atoms with Gasteiger partial charge in [-0.3, -0.25) is 9.59 Å². The normalized spacial score (nSPS) is 16.0. The molecule has 2 aromatic rings. The average molecular weight is 382 g/mol. The Hall–Kier alpha value is -2.84. The lowest BCUT2D eigenvalue weighted by Crippen LogP contribution is -2.46. The van der Waals surface area contributed by atoms with Crippen LogP contribution in [0.3, 0.4) is 0 Å². The van der Waals surface area contributed by atoms with Crippen LogP contribution in [0.5, 0.6) is 0 Å². The molecule has 0 unspecified atom stereocenters. The third-order valence-corrected chi connectivity index (χ3v) is 4.92. The number of carbonyl (C=O) groups is 2. The maximum absolute atomic E-state index is 12.7. The zero-order chi connectivity index (χ0) is 19.2. The molecule has 1 N–H and O–H groups in total. The number of likely N-dealkylation sites (tertiary alicyclic amines) is 1. The molecule has 0 aromatic heterocycles. The predicted molar refractivity (Wildman–Crippen MR) is 103 cm³/mol. The fourth-order valence-electron chi connectivity index (χ4n) is 3.27. The number of carbonyl (C=O) groups excluding carboxylic acids is 2. The van der Waals surface area contributed by atoms with Gasteiger partial charge in [-0.05, 0) is 48.2 Å². The standard InChI is InChI=1S/C21H20ClN3O2/c22-18-8-6-15(7-9-18)14-24-21(27)19-5-2-10-25(19)20(26)12-16-3-1-4-17(11-16)13-23/h1,3-4,6-9,11,19H,2,5,10,12,14H2,(H,24,27)/t19-/m0/s1. The number of amides is 2. The van der Waals surface area contributed by atoms with Crippen molar-refractivity contribution in [1.82, 2.24) is 10.2 Å². The lowest BCUT2D eigenvalue weighted by molar-refractivity contribution is -0.138. The first-order valence-electron chi connectivity index (χ1n) is 8.87. The van der Waals surface area contributed by atoms with Gasteiger partial charge in [0.1, 0.15) is 6.04 Å². The second-order valence-corrected chi connectivity index (χ2v) is 7.01. The highest BCUT2D eigenvalue weighted by Crippen LogP contribution is 2.19. The van der Waals surface area contributed by atoms with E-state index in [1.54, 1.807) is 35.2 Å². The molecular weight excluding hydrogens is 362 g/mol. The number of hydrogen-bond donors (Lipinski definition) is 1. The topological polar surface area (TPSA) is 73.2 Å². The van der Waals surface area contributed by atoms with Crippen molar-refractivity contribution in [2.45, 2.75) is 31.8 Å². The molecule has 1 aliphatic heterocycles. The van der Waals surface area contributed by atoms with Gasteiger partial charge in [-0.15, -0.1) is 0 Å². The van der Waals surface area contributed by atoms with Crippen molar-refractivity contribution in [2.24, 2.45) is 0 Å². The van der Waals surface area contributed by atoms with E-state index in [1.807, 2.05) is 18.2 Å². The highest BCUT2D eigenvalue weighted by Gasteiger charge is 2.33. The Morgan fingerprint density at radius 2 is 1.96 bits per heavy atom. The van der Waals surface area contributed by atoms with E-state index in [2.05, 4.69) is 11.4 Å². The largest absolute Gasteiger partial charge is 0.350 e. The van der Waals surface area contributed by atoms with Crippen molar-refractivity contribution in [1.29, 1.82) is 5.26 Å². The Kier molecular flexibility index (Phi) is 6.10. The molecule has 0 bridgehead atoms. The SMILES string of the molecule is N#Cc1cccc(CC(=O)N2CCC[C@H]2C(=O)NCc2ccc(Cl)cc2)c1. The zero-order valence-corrected chi connectivity index (χ0v) is 15.6. The van der Waals surface area contributed by atoms with Crippen molar-refractivity contribution in [2.75, 3.05) is 6.54 Å². The van der Waals surface area contributed by atoms with Crippen LogP contribution < -0.4 is 5.32 Å². The molecule has 1 heterocycles. The first kappa shape index (κ1) is 18.9. The van der Waals surface area contributed by atoms with E-state index in [-0.39, 0.29) is 18.2 Å². The summed E-state index contributed by atoms with van der Waals surface area (Å²) in [5.74, 6) is -0.226. The summed E-state index contributed by atoms with van der Waals surface area (Å²) in [6, 6.07) is 15.9. The second kappa shape index (κ2) is 8.70. The lowest BCUT2D eigenvalue weighted by atomic mass is 10.1. The number of nitrogens with zero attached hydrogens (tertiary/aromatic N) is 2. The number of benzene rings is 2. The number of rotatable bonds is 5. The molecule has 1 fully saturated rings. The third kappa shape index (κ3) is 4.87. The Morgan fingerprint density at radius 3 is 2.70 bits per heavy atom. The van der Waals surface area contributed by atoms with Crippen LogP contribution in [0, 0.1) is 11.3 Å². The maximum atomic E-state index is 12.7. The van der Waals surface area contributed by atoms with Gasteiger partial charge in [-0.1, -0.05) is 35.9 Å². The van der Waals surface area contributed by atoms with E-state index in [1.165, 1.54) is 0 Å². The summed E-state index contributed by atoms with van der Waals surface area (Å²) in [5.41, 5.74) is 2.27. The van der Waals surface area contributed by atoms with Crippen LogP contribution in [-0.4, -0.2) is 29.3 Å². The van der Waals surface area contributed by atoms with Crippen molar-refractivity contribution >= 4 is 23.4 Å². The molecule has 0 radical (unpaired) electrons. The third-order valence-electron chi connectivity index (χ3n) is 4.67. The molecule has 27 heavy (non-hydrogen) atoms. The van der Waals surface area contributed by atoms with E-state index < -0.39 is 6.04 Å². The van der Waals surface area contributed by atoms with Gasteiger partial charge in [0.2, 0.25) is 11.8 Å². The van der Waals surface area contributed by atoms with Crippen LogP contribution in [0.1, 0.15) is 29.5 Å². The molecule has 0 saturated carbocycles. The monoisotopic (exact) mass is 381 g/mol. The molecule has 1 saturated heterocycles. The van der Waals surface area contributed by atoms with Crippen molar-refractivity contribution in [3.05, 3.63) is 70.2 Å². The molecule has 1 aliphatic rings. The van der Waals surface area contributed by atoms with Crippen LogP contribution in [0.15, 0.2) is 48.5 Å². The van der Waals surface area contributed by atoms with Gasteiger partial charge in [0, 0.05) is 18.1 Å². The quantitative estimate of drug-likeness (QED) is 0.865. The first-order chi connectivity index (χ1) is 13.1. The first-order valence-corrected chi connectivity index (χ1v) is 9.25. The minimum Gasteiger partial charge on any atom is -0.350 e. The average Bonchev–Trinajstić information content (AvgIpc) is 3.17. The van der Waals surface area contributed by atoms with Gasteiger partial charge < -0.3 is 10.2 Å². The fourth-order valence-corrected chi connectivity index (χ4v) is 3.40. The Morgan fingerprint density at radius 1 is 1.19 bits per heavy atom. The molecule has 6 heteroatoms. The summed E-state index contributed by atoms with van der Waals surface area (Å²) < 4.78 is 0. The van der Waals surface area contributed by atoms with Crippen LogP contribution >= 0.6 is 11.6 Å². The number of hydrogen-bond acceptors (Lipinski definition) is 3. The number of nitrogens with one attached hydrogen (secondary N) is 1. The van der Waals surface area contributed by atoms with Crippen molar-refractivity contribution in [3.63, 3.8) is 0 Å². The summed E-state index contributed by atoms with van der Waals surface area (Å²) in [6.07, 6.45) is 1.66. The maximum Gasteiger partial charge on any atom is 0.243 e. The Labute approximate surface area is 163 Å². The summed E-state index contributed by atoms with van der Waals surface area (Å²) >= 11 is 5.87. The summed E-state index contributed by atoms with van der Waals surface area (Å²) in [6.45, 7) is 0.981. The molecule has 2 aromatic carbocycles. The van der Waals surface area contributed by atoms with E-state index >= 15 is 0 Å². The van der Waals surface area contributed by atoms with Gasteiger partial charge in [-0.25, -0.2) is 0 Å². The van der Waals surface area contributed by atoms with Gasteiger partial charge >= 0.3 is 0 Å². The highest BCUT2D eigenvalue weighted by atomic mass is 35.5. The fraction of sp³-hybridized carbons (Fsp3) is 0.286. The molecule has 0 aliphatic carbocycles. The van der Waals surface area contributed by atoms with Gasteiger partial charge in [-0.2, -0.15) is 5.26 Å². The van der Waals surface area contributed by atoms with Crippen LogP contribution in [0.25, 0.3) is 0 Å². The zero-order valence-electron chi connectivity index (χ0n) is 14.8. The van der Waals surface area contributed by atoms with Crippen LogP contribution in [0.4, 0.5) is 0 Å². The molecule has 0 spiro atoms. The summed E-state index contributed by atoms with van der Waals surface area (Å²) in [4.78, 5) is 26.9. The van der Waals surface area contributed by atoms with Crippen LogP contribution in [0.2, 0.25) is 5.02 Å². The van der Waals surface area contributed by atoms with E-state index in [9.17, 15) is 9.59 Å². The van der Waals surface area contributed by atoms with Gasteiger partial charge in [0.15, 0.2) is 0 Å². The minimum absolute atomic E-state index is 0.0887.